The molecule has 1 nitrogen and oxygen atoms in total. The highest BCUT2D eigenvalue weighted by molar-refractivity contribution is 5.19. The minimum Gasteiger partial charge on any atom is -0.324 e. The summed E-state index contributed by atoms with van der Waals surface area (Å²) in [5.41, 5.74) is 9.06. The molecule has 0 amide bonds. The normalized spacial score (nSPS) is 30.3. The molecule has 0 aliphatic heterocycles. The van der Waals surface area contributed by atoms with Crippen molar-refractivity contribution in [1.29, 1.82) is 0 Å². The molecule has 0 aromatic rings. The highest BCUT2D eigenvalue weighted by Gasteiger charge is 2.15. The van der Waals surface area contributed by atoms with Crippen LogP contribution in [0.15, 0.2) is 11.1 Å². The van der Waals surface area contributed by atoms with Gasteiger partial charge < -0.3 is 5.73 Å². The van der Waals surface area contributed by atoms with Crippen molar-refractivity contribution in [2.75, 3.05) is 0 Å². The lowest BCUT2D eigenvalue weighted by Crippen LogP contribution is -2.26. The van der Waals surface area contributed by atoms with Crippen LogP contribution in [0.3, 0.4) is 0 Å². The summed E-state index contributed by atoms with van der Waals surface area (Å²) in [6.45, 7) is 4.43. The summed E-state index contributed by atoms with van der Waals surface area (Å²) in [6, 6.07) is 0.378. The van der Waals surface area contributed by atoms with Gasteiger partial charge in [0.05, 0.1) is 0 Å². The Hall–Kier alpha value is -0.300. The molecule has 1 unspecified atom stereocenters. The van der Waals surface area contributed by atoms with Crippen molar-refractivity contribution in [2.24, 2.45) is 5.73 Å². The van der Waals surface area contributed by atoms with Crippen molar-refractivity contribution < 1.29 is 0 Å². The maximum Gasteiger partial charge on any atom is 0.0256 e. The van der Waals surface area contributed by atoms with Gasteiger partial charge in [0.15, 0.2) is 0 Å². The predicted molar refractivity (Wildman–Crippen MR) is 49.4 cm³/mol. The van der Waals surface area contributed by atoms with Crippen LogP contribution >= 0.6 is 0 Å². The Morgan fingerprint density at radius 1 is 1.55 bits per heavy atom. The molecule has 1 rings (SSSR count). The van der Waals surface area contributed by atoms with Crippen molar-refractivity contribution in [2.45, 2.75) is 52.0 Å². The van der Waals surface area contributed by atoms with Gasteiger partial charge in [0.25, 0.3) is 0 Å². The van der Waals surface area contributed by atoms with Crippen LogP contribution in [0.5, 0.6) is 0 Å². The van der Waals surface area contributed by atoms with Crippen molar-refractivity contribution in [1.82, 2.24) is 0 Å². The Morgan fingerprint density at radius 2 is 2.27 bits per heavy atom. The molecule has 64 valence electrons. The number of allylic oxidation sites excluding steroid dienone is 1. The lowest BCUT2D eigenvalue weighted by Gasteiger charge is -2.23. The third-order valence-electron chi connectivity index (χ3n) is 2.74. The maximum atomic E-state index is 6.00. The molecule has 1 saturated carbocycles. The zero-order valence-corrected chi connectivity index (χ0v) is 7.69. The van der Waals surface area contributed by atoms with E-state index in [-0.39, 0.29) is 0 Å². The molecule has 1 atom stereocenters. The highest BCUT2D eigenvalue weighted by atomic mass is 14.6. The first-order chi connectivity index (χ1) is 5.25. The second-order valence-electron chi connectivity index (χ2n) is 3.51. The van der Waals surface area contributed by atoms with Crippen LogP contribution in [0.25, 0.3) is 0 Å². The third-order valence-corrected chi connectivity index (χ3v) is 2.74. The van der Waals surface area contributed by atoms with E-state index >= 15 is 0 Å². The van der Waals surface area contributed by atoms with E-state index in [2.05, 4.69) is 13.8 Å². The molecule has 11 heavy (non-hydrogen) atoms. The number of nitrogens with two attached hydrogens (primary N) is 1. The van der Waals surface area contributed by atoms with Crippen molar-refractivity contribution in [3.8, 4) is 0 Å². The van der Waals surface area contributed by atoms with Gasteiger partial charge in [-0.05, 0) is 32.6 Å². The molecule has 0 saturated heterocycles. The van der Waals surface area contributed by atoms with Crippen LogP contribution in [-0.4, -0.2) is 6.04 Å². The van der Waals surface area contributed by atoms with Gasteiger partial charge in [-0.1, -0.05) is 24.5 Å². The van der Waals surface area contributed by atoms with Crippen molar-refractivity contribution in [3.63, 3.8) is 0 Å². The second kappa shape index (κ2) is 3.91. The van der Waals surface area contributed by atoms with Crippen molar-refractivity contribution in [3.05, 3.63) is 11.1 Å². The molecule has 0 spiro atoms. The standard InChI is InChI=1S/C10H19N/c1-3-8(2)9-6-4-5-7-10(9)11/h10H,3-7,11H2,1-2H3/b9-8+. The van der Waals surface area contributed by atoms with Gasteiger partial charge >= 0.3 is 0 Å². The van der Waals surface area contributed by atoms with E-state index in [0.717, 1.165) is 0 Å². The molecular weight excluding hydrogens is 134 g/mol. The number of rotatable bonds is 1. The van der Waals surface area contributed by atoms with Crippen LogP contribution in [-0.2, 0) is 0 Å². The minimum atomic E-state index is 0.378. The summed E-state index contributed by atoms with van der Waals surface area (Å²) in [4.78, 5) is 0. The molecule has 1 aliphatic carbocycles. The fourth-order valence-corrected chi connectivity index (χ4v) is 1.80. The molecule has 1 heteroatoms. The Morgan fingerprint density at radius 3 is 2.82 bits per heavy atom. The van der Waals surface area contributed by atoms with Crippen LogP contribution in [0, 0.1) is 0 Å². The van der Waals surface area contributed by atoms with Crippen LogP contribution < -0.4 is 5.73 Å². The first-order valence-corrected chi connectivity index (χ1v) is 4.69. The van der Waals surface area contributed by atoms with Gasteiger partial charge in [-0.25, -0.2) is 0 Å². The SMILES string of the molecule is CC/C(C)=C1\CCCCC1N. The van der Waals surface area contributed by atoms with Crippen LogP contribution in [0.4, 0.5) is 0 Å². The van der Waals surface area contributed by atoms with E-state index in [1.165, 1.54) is 37.7 Å². The Balaban J connectivity index is 2.67. The van der Waals surface area contributed by atoms with Crippen LogP contribution in [0.1, 0.15) is 46.0 Å². The van der Waals surface area contributed by atoms with E-state index in [4.69, 9.17) is 5.73 Å². The summed E-state index contributed by atoms with van der Waals surface area (Å²) >= 11 is 0. The Kier molecular flexibility index (Phi) is 3.13. The number of hydrogen-bond acceptors (Lipinski definition) is 1. The molecule has 0 bridgehead atoms. The molecule has 0 heterocycles. The fraction of sp³-hybridized carbons (Fsp3) is 0.800. The summed E-state index contributed by atoms with van der Waals surface area (Å²) in [6.07, 6.45) is 6.29. The molecule has 1 aliphatic rings. The minimum absolute atomic E-state index is 0.378. The summed E-state index contributed by atoms with van der Waals surface area (Å²) in [7, 11) is 0. The largest absolute Gasteiger partial charge is 0.324 e. The first-order valence-electron chi connectivity index (χ1n) is 4.69. The maximum absolute atomic E-state index is 6.00. The van der Waals surface area contributed by atoms with E-state index in [0.29, 0.717) is 6.04 Å². The quantitative estimate of drug-likeness (QED) is 0.576. The monoisotopic (exact) mass is 153 g/mol. The van der Waals surface area contributed by atoms with E-state index < -0.39 is 0 Å². The van der Waals surface area contributed by atoms with Gasteiger partial charge in [0.1, 0.15) is 0 Å². The van der Waals surface area contributed by atoms with Gasteiger partial charge in [0.2, 0.25) is 0 Å². The first kappa shape index (κ1) is 8.79. The summed E-state index contributed by atoms with van der Waals surface area (Å²) in [5, 5.41) is 0. The molecule has 2 N–H and O–H groups in total. The lowest BCUT2D eigenvalue weighted by molar-refractivity contribution is 0.529. The molecule has 0 radical (unpaired) electrons. The molecule has 1 fully saturated rings. The summed E-state index contributed by atoms with van der Waals surface area (Å²) in [5.74, 6) is 0. The topological polar surface area (TPSA) is 26.0 Å². The van der Waals surface area contributed by atoms with E-state index in [9.17, 15) is 0 Å². The van der Waals surface area contributed by atoms with Gasteiger partial charge in [-0.15, -0.1) is 0 Å². The highest BCUT2D eigenvalue weighted by Crippen LogP contribution is 2.25. The fourth-order valence-electron chi connectivity index (χ4n) is 1.80. The summed E-state index contributed by atoms with van der Waals surface area (Å²) < 4.78 is 0. The van der Waals surface area contributed by atoms with Gasteiger partial charge in [-0.2, -0.15) is 0 Å². The molecule has 0 aromatic carbocycles. The zero-order chi connectivity index (χ0) is 8.27. The van der Waals surface area contributed by atoms with Crippen LogP contribution in [0.2, 0.25) is 0 Å². The molecular formula is C10H19N. The second-order valence-corrected chi connectivity index (χ2v) is 3.51. The smallest absolute Gasteiger partial charge is 0.0256 e. The van der Waals surface area contributed by atoms with E-state index in [1.54, 1.807) is 5.57 Å². The van der Waals surface area contributed by atoms with Gasteiger partial charge in [0, 0.05) is 6.04 Å². The zero-order valence-electron chi connectivity index (χ0n) is 7.69. The van der Waals surface area contributed by atoms with Gasteiger partial charge in [-0.3, -0.25) is 0 Å². The third kappa shape index (κ3) is 2.06. The Bertz CT molecular complexity index is 158. The Labute approximate surface area is 69.7 Å². The van der Waals surface area contributed by atoms with E-state index in [1.807, 2.05) is 0 Å². The van der Waals surface area contributed by atoms with Crippen molar-refractivity contribution >= 4 is 0 Å². The predicted octanol–water partition coefficient (Wildman–Crippen LogP) is 2.61. The lowest BCUT2D eigenvalue weighted by atomic mass is 9.87. The average Bonchev–Trinajstić information content (AvgIpc) is 2.04. The average molecular weight is 153 g/mol. The molecule has 0 aromatic heterocycles. The number of hydrogen-bond donors (Lipinski definition) is 1.